The molecular formula is C17H15N3O3. The number of imidazole rings is 1. The molecule has 1 aliphatic rings. The number of hydrogen-bond acceptors (Lipinski definition) is 4. The van der Waals surface area contributed by atoms with Gasteiger partial charge in [-0.2, -0.15) is 0 Å². The van der Waals surface area contributed by atoms with Crippen LogP contribution >= 0.6 is 0 Å². The molecule has 0 saturated heterocycles. The molecule has 4 rings (SSSR count). The van der Waals surface area contributed by atoms with Crippen LogP contribution in [0.5, 0.6) is 11.5 Å². The first kappa shape index (κ1) is 13.6. The van der Waals surface area contributed by atoms with Gasteiger partial charge in [0.15, 0.2) is 11.5 Å². The predicted molar refractivity (Wildman–Crippen MR) is 84.4 cm³/mol. The van der Waals surface area contributed by atoms with E-state index in [9.17, 15) is 4.79 Å². The molecule has 23 heavy (non-hydrogen) atoms. The maximum absolute atomic E-state index is 12.3. The average Bonchev–Trinajstić information content (AvgIpc) is 3.18. The second kappa shape index (κ2) is 5.31. The fourth-order valence-corrected chi connectivity index (χ4v) is 2.61. The van der Waals surface area contributed by atoms with Crippen LogP contribution in [0.15, 0.2) is 42.7 Å². The van der Waals surface area contributed by atoms with Crippen LogP contribution in [-0.2, 0) is 13.6 Å². The van der Waals surface area contributed by atoms with Crippen molar-refractivity contribution in [2.75, 3.05) is 6.79 Å². The number of nitrogens with zero attached hydrogens (tertiary/aromatic N) is 2. The second-order valence-corrected chi connectivity index (χ2v) is 5.43. The summed E-state index contributed by atoms with van der Waals surface area (Å²) in [4.78, 5) is 16.6. The van der Waals surface area contributed by atoms with Crippen LogP contribution in [0.2, 0.25) is 0 Å². The summed E-state index contributed by atoms with van der Waals surface area (Å²) in [5.74, 6) is 1.12. The molecule has 0 fully saturated rings. The van der Waals surface area contributed by atoms with E-state index in [1.54, 1.807) is 24.5 Å². The number of benzene rings is 2. The number of carbonyl (C=O) groups is 1. The molecule has 1 amide bonds. The van der Waals surface area contributed by atoms with Crippen molar-refractivity contribution in [3.63, 3.8) is 0 Å². The third-order valence-corrected chi connectivity index (χ3v) is 3.88. The third-order valence-electron chi connectivity index (χ3n) is 3.88. The highest BCUT2D eigenvalue weighted by Crippen LogP contribution is 2.32. The van der Waals surface area contributed by atoms with E-state index in [-0.39, 0.29) is 12.7 Å². The molecule has 1 aromatic heterocycles. The summed E-state index contributed by atoms with van der Waals surface area (Å²) >= 11 is 0. The number of aryl methyl sites for hydroxylation is 1. The summed E-state index contributed by atoms with van der Waals surface area (Å²) in [6.45, 7) is 0.643. The van der Waals surface area contributed by atoms with Crippen LogP contribution in [-0.4, -0.2) is 22.3 Å². The highest BCUT2D eigenvalue weighted by molar-refractivity contribution is 5.95. The maximum atomic E-state index is 12.3. The minimum atomic E-state index is -0.149. The number of nitrogens with one attached hydrogen (secondary N) is 1. The van der Waals surface area contributed by atoms with E-state index in [2.05, 4.69) is 10.3 Å². The Hall–Kier alpha value is -3.02. The number of carbonyl (C=O) groups excluding carboxylic acids is 1. The van der Waals surface area contributed by atoms with Gasteiger partial charge in [0.05, 0.1) is 17.4 Å². The van der Waals surface area contributed by atoms with Crippen molar-refractivity contribution in [1.82, 2.24) is 14.9 Å². The van der Waals surface area contributed by atoms with Gasteiger partial charge in [-0.25, -0.2) is 4.98 Å². The average molecular weight is 309 g/mol. The molecule has 0 atom stereocenters. The summed E-state index contributed by atoms with van der Waals surface area (Å²) in [5.41, 5.74) is 3.54. The Balaban J connectivity index is 1.48. The first-order valence-electron chi connectivity index (χ1n) is 7.28. The van der Waals surface area contributed by atoms with E-state index in [0.29, 0.717) is 23.6 Å². The van der Waals surface area contributed by atoms with E-state index in [0.717, 1.165) is 16.6 Å². The normalized spacial score (nSPS) is 12.6. The van der Waals surface area contributed by atoms with Crippen LogP contribution < -0.4 is 14.8 Å². The Labute approximate surface area is 132 Å². The van der Waals surface area contributed by atoms with Crippen molar-refractivity contribution in [3.05, 3.63) is 53.9 Å². The Kier molecular flexibility index (Phi) is 3.15. The smallest absolute Gasteiger partial charge is 0.251 e. The van der Waals surface area contributed by atoms with Crippen LogP contribution in [0.25, 0.3) is 11.0 Å². The summed E-state index contributed by atoms with van der Waals surface area (Å²) < 4.78 is 12.5. The number of ether oxygens (including phenoxy) is 2. The molecule has 116 valence electrons. The number of aromatic nitrogens is 2. The minimum absolute atomic E-state index is 0.149. The lowest BCUT2D eigenvalue weighted by Crippen LogP contribution is -2.22. The topological polar surface area (TPSA) is 65.4 Å². The van der Waals surface area contributed by atoms with Gasteiger partial charge in [0.25, 0.3) is 5.91 Å². The van der Waals surface area contributed by atoms with Gasteiger partial charge in [-0.1, -0.05) is 6.07 Å². The Morgan fingerprint density at radius 1 is 1.22 bits per heavy atom. The van der Waals surface area contributed by atoms with Gasteiger partial charge >= 0.3 is 0 Å². The summed E-state index contributed by atoms with van der Waals surface area (Å²) in [6.07, 6.45) is 1.78. The zero-order valence-electron chi connectivity index (χ0n) is 12.6. The van der Waals surface area contributed by atoms with Crippen LogP contribution in [0.1, 0.15) is 15.9 Å². The molecule has 0 radical (unpaired) electrons. The molecule has 2 aromatic carbocycles. The fourth-order valence-electron chi connectivity index (χ4n) is 2.61. The van der Waals surface area contributed by atoms with Gasteiger partial charge in [-0.15, -0.1) is 0 Å². The number of fused-ring (bicyclic) bond motifs is 2. The molecule has 0 bridgehead atoms. The second-order valence-electron chi connectivity index (χ2n) is 5.43. The van der Waals surface area contributed by atoms with Gasteiger partial charge in [-0.3, -0.25) is 4.79 Å². The van der Waals surface area contributed by atoms with Crippen molar-refractivity contribution in [2.45, 2.75) is 6.54 Å². The monoisotopic (exact) mass is 309 g/mol. The first-order chi connectivity index (χ1) is 11.2. The lowest BCUT2D eigenvalue weighted by Gasteiger charge is -2.06. The van der Waals surface area contributed by atoms with Crippen molar-refractivity contribution < 1.29 is 14.3 Å². The molecule has 0 spiro atoms. The molecule has 0 unspecified atom stereocenters. The predicted octanol–water partition coefficient (Wildman–Crippen LogP) is 2.23. The van der Waals surface area contributed by atoms with Gasteiger partial charge in [0.1, 0.15) is 0 Å². The zero-order valence-corrected chi connectivity index (χ0v) is 12.6. The van der Waals surface area contributed by atoms with Crippen molar-refractivity contribution >= 4 is 16.9 Å². The van der Waals surface area contributed by atoms with E-state index in [4.69, 9.17) is 9.47 Å². The summed E-state index contributed by atoms with van der Waals surface area (Å²) in [7, 11) is 1.95. The van der Waals surface area contributed by atoms with Crippen LogP contribution in [0.3, 0.4) is 0 Å². The van der Waals surface area contributed by atoms with Crippen LogP contribution in [0, 0.1) is 0 Å². The third kappa shape index (κ3) is 2.48. The highest BCUT2D eigenvalue weighted by atomic mass is 16.7. The van der Waals surface area contributed by atoms with Crippen molar-refractivity contribution in [2.24, 2.45) is 7.05 Å². The van der Waals surface area contributed by atoms with E-state index in [1.165, 1.54) is 0 Å². The van der Waals surface area contributed by atoms with Crippen molar-refractivity contribution in [3.8, 4) is 11.5 Å². The lowest BCUT2D eigenvalue weighted by molar-refractivity contribution is 0.0950. The number of hydrogen-bond donors (Lipinski definition) is 1. The van der Waals surface area contributed by atoms with Gasteiger partial charge in [-0.05, 0) is 35.9 Å². The minimum Gasteiger partial charge on any atom is -0.454 e. The maximum Gasteiger partial charge on any atom is 0.251 e. The standard InChI is InChI=1S/C17H15N3O3/c1-20-9-19-13-6-11(2-4-14(13)20)8-18-17(21)12-3-5-15-16(7-12)23-10-22-15/h2-7,9H,8,10H2,1H3,(H,18,21). The number of amides is 1. The lowest BCUT2D eigenvalue weighted by atomic mass is 10.1. The summed E-state index contributed by atoms with van der Waals surface area (Å²) in [6, 6.07) is 11.1. The number of rotatable bonds is 3. The Morgan fingerprint density at radius 2 is 2.09 bits per heavy atom. The largest absolute Gasteiger partial charge is 0.454 e. The Bertz CT molecular complexity index is 901. The molecule has 0 aliphatic carbocycles. The summed E-state index contributed by atoms with van der Waals surface area (Å²) in [5, 5.41) is 2.91. The van der Waals surface area contributed by atoms with Crippen molar-refractivity contribution in [1.29, 1.82) is 0 Å². The molecule has 6 heteroatoms. The quantitative estimate of drug-likeness (QED) is 0.806. The fraction of sp³-hybridized carbons (Fsp3) is 0.176. The highest BCUT2D eigenvalue weighted by Gasteiger charge is 2.16. The SMILES string of the molecule is Cn1cnc2cc(CNC(=O)c3ccc4c(c3)OCO4)ccc21. The first-order valence-corrected chi connectivity index (χ1v) is 7.28. The van der Waals surface area contributed by atoms with E-state index in [1.807, 2.05) is 29.8 Å². The van der Waals surface area contributed by atoms with Crippen LogP contribution in [0.4, 0.5) is 0 Å². The van der Waals surface area contributed by atoms with E-state index < -0.39 is 0 Å². The molecular weight excluding hydrogens is 294 g/mol. The molecule has 6 nitrogen and oxygen atoms in total. The van der Waals surface area contributed by atoms with Gasteiger partial charge in [0.2, 0.25) is 6.79 Å². The molecule has 3 aromatic rings. The Morgan fingerprint density at radius 3 is 3.00 bits per heavy atom. The molecule has 0 saturated carbocycles. The van der Waals surface area contributed by atoms with Gasteiger partial charge < -0.3 is 19.4 Å². The molecule has 2 heterocycles. The van der Waals surface area contributed by atoms with E-state index >= 15 is 0 Å². The van der Waals surface area contributed by atoms with Gasteiger partial charge in [0, 0.05) is 19.2 Å². The molecule has 1 N–H and O–H groups in total. The zero-order chi connectivity index (χ0) is 15.8. The molecule has 1 aliphatic heterocycles.